The summed E-state index contributed by atoms with van der Waals surface area (Å²) in [4.78, 5) is 15.0. The van der Waals surface area contributed by atoms with Crippen molar-refractivity contribution in [1.82, 2.24) is 0 Å². The average molecular weight is 226 g/mol. The molecule has 0 fully saturated rings. The summed E-state index contributed by atoms with van der Waals surface area (Å²) < 4.78 is 24.4. The van der Waals surface area contributed by atoms with E-state index in [1.54, 1.807) is 29.2 Å². The van der Waals surface area contributed by atoms with E-state index in [1.807, 2.05) is 0 Å². The molecule has 0 spiro atoms. The van der Waals surface area contributed by atoms with Gasteiger partial charge in [-0.05, 0) is 24.3 Å². The van der Waals surface area contributed by atoms with E-state index < -0.39 is 13.3 Å². The molecule has 0 atom stereocenters. The van der Waals surface area contributed by atoms with Gasteiger partial charge in [-0.2, -0.15) is 4.99 Å². The molecule has 0 saturated carbocycles. The lowest BCUT2D eigenvalue weighted by Gasteiger charge is -2.21. The monoisotopic (exact) mass is 226 g/mol. The molecule has 0 aliphatic heterocycles. The Balaban J connectivity index is 2.80. The molecule has 0 aliphatic carbocycles. The van der Waals surface area contributed by atoms with Crippen molar-refractivity contribution in [2.75, 3.05) is 31.3 Å². The number of alkyl halides is 2. The normalized spacial score (nSPS) is 9.62. The molecule has 0 aliphatic rings. The number of nitrogens with zero attached hydrogens (tertiary/aromatic N) is 2. The third-order valence-electron chi connectivity index (χ3n) is 2.10. The first-order chi connectivity index (χ1) is 7.81. The molecule has 0 saturated heterocycles. The van der Waals surface area contributed by atoms with E-state index >= 15 is 0 Å². The zero-order valence-corrected chi connectivity index (χ0v) is 8.70. The van der Waals surface area contributed by atoms with E-state index in [0.29, 0.717) is 11.4 Å². The molecule has 0 unspecified atom stereocenters. The Bertz CT molecular complexity index is 355. The molecule has 0 aromatic heterocycles. The van der Waals surface area contributed by atoms with Crippen LogP contribution < -0.4 is 4.90 Å². The fraction of sp³-hybridized carbons (Fsp3) is 0.364. The molecule has 86 valence electrons. The molecule has 1 aromatic rings. The van der Waals surface area contributed by atoms with Crippen LogP contribution in [0.4, 0.5) is 20.2 Å². The van der Waals surface area contributed by atoms with Gasteiger partial charge in [0, 0.05) is 18.8 Å². The van der Waals surface area contributed by atoms with Crippen LogP contribution in [0.15, 0.2) is 29.3 Å². The van der Waals surface area contributed by atoms with Crippen molar-refractivity contribution in [3.05, 3.63) is 24.3 Å². The third kappa shape index (κ3) is 3.44. The summed E-state index contributed by atoms with van der Waals surface area (Å²) in [7, 11) is 0. The molecule has 0 bridgehead atoms. The van der Waals surface area contributed by atoms with Crippen molar-refractivity contribution in [1.29, 1.82) is 0 Å². The smallest absolute Gasteiger partial charge is 0.240 e. The minimum atomic E-state index is -0.533. The van der Waals surface area contributed by atoms with E-state index in [4.69, 9.17) is 0 Å². The number of aliphatic imine (C=N–C) groups is 1. The number of hydrogen-bond acceptors (Lipinski definition) is 3. The summed E-state index contributed by atoms with van der Waals surface area (Å²) in [6.45, 7) is -0.761. The molecule has 0 radical (unpaired) electrons. The first kappa shape index (κ1) is 12.3. The van der Waals surface area contributed by atoms with Crippen molar-refractivity contribution in [3.63, 3.8) is 0 Å². The quantitative estimate of drug-likeness (QED) is 0.551. The minimum Gasteiger partial charge on any atom is -0.366 e. The summed E-state index contributed by atoms with van der Waals surface area (Å²) in [6.07, 6.45) is 1.42. The molecule has 0 N–H and O–H groups in total. The second-order valence-corrected chi connectivity index (χ2v) is 3.08. The second-order valence-electron chi connectivity index (χ2n) is 3.08. The van der Waals surface area contributed by atoms with Crippen molar-refractivity contribution < 1.29 is 13.6 Å². The number of benzene rings is 1. The Labute approximate surface area is 92.4 Å². The highest BCUT2D eigenvalue weighted by atomic mass is 19.1. The summed E-state index contributed by atoms with van der Waals surface area (Å²) in [5, 5.41) is 0. The van der Waals surface area contributed by atoms with Crippen LogP contribution in [0.1, 0.15) is 0 Å². The number of anilines is 1. The van der Waals surface area contributed by atoms with Gasteiger partial charge in [-0.1, -0.05) is 0 Å². The van der Waals surface area contributed by atoms with Gasteiger partial charge in [0.25, 0.3) is 0 Å². The highest BCUT2D eigenvalue weighted by Gasteiger charge is 2.05. The molecule has 1 aromatic carbocycles. The number of rotatable bonds is 6. The number of hydrogen-bond donors (Lipinski definition) is 0. The van der Waals surface area contributed by atoms with Crippen LogP contribution in [0.2, 0.25) is 0 Å². The van der Waals surface area contributed by atoms with Crippen molar-refractivity contribution >= 4 is 17.5 Å². The van der Waals surface area contributed by atoms with Crippen LogP contribution in [-0.2, 0) is 4.79 Å². The predicted octanol–water partition coefficient (Wildman–Crippen LogP) is 2.40. The zero-order chi connectivity index (χ0) is 11.8. The molecule has 1 rings (SSSR count). The molecule has 5 heteroatoms. The van der Waals surface area contributed by atoms with Crippen LogP contribution in [0.25, 0.3) is 0 Å². The lowest BCUT2D eigenvalue weighted by Crippen LogP contribution is -2.27. The molecular formula is C11H12F2N2O. The Morgan fingerprint density at radius 3 is 2.12 bits per heavy atom. The number of carbonyl (C=O) groups excluding carboxylic acids is 1. The van der Waals surface area contributed by atoms with E-state index in [9.17, 15) is 13.6 Å². The highest BCUT2D eigenvalue weighted by molar-refractivity contribution is 5.56. The Hall–Kier alpha value is -1.74. The summed E-state index contributed by atoms with van der Waals surface area (Å²) in [6, 6.07) is 6.54. The lowest BCUT2D eigenvalue weighted by atomic mass is 10.2. The first-order valence-corrected chi connectivity index (χ1v) is 4.86. The Kier molecular flexibility index (Phi) is 5.16. The van der Waals surface area contributed by atoms with Crippen molar-refractivity contribution in [2.24, 2.45) is 4.99 Å². The van der Waals surface area contributed by atoms with E-state index in [0.717, 1.165) is 0 Å². The molecular weight excluding hydrogens is 214 g/mol. The molecule has 0 heterocycles. The van der Waals surface area contributed by atoms with E-state index in [-0.39, 0.29) is 13.1 Å². The molecule has 3 nitrogen and oxygen atoms in total. The highest BCUT2D eigenvalue weighted by Crippen LogP contribution is 2.19. The summed E-state index contributed by atoms with van der Waals surface area (Å²) >= 11 is 0. The topological polar surface area (TPSA) is 32.7 Å². The van der Waals surface area contributed by atoms with Crippen LogP contribution >= 0.6 is 0 Å². The maximum Gasteiger partial charge on any atom is 0.240 e. The SMILES string of the molecule is O=C=Nc1ccc(N(CCF)CCF)cc1. The first-order valence-electron chi connectivity index (χ1n) is 4.86. The second kappa shape index (κ2) is 6.69. The standard InChI is InChI=1S/C11H12F2N2O/c12-5-7-15(8-6-13)11-3-1-10(2-4-11)14-9-16/h1-4H,5-8H2. The maximum atomic E-state index is 12.2. The van der Waals surface area contributed by atoms with Gasteiger partial charge in [0.15, 0.2) is 0 Å². The largest absolute Gasteiger partial charge is 0.366 e. The average Bonchev–Trinajstić information content (AvgIpc) is 2.30. The maximum absolute atomic E-state index is 12.2. The number of halogens is 2. The van der Waals surface area contributed by atoms with Crippen molar-refractivity contribution in [3.8, 4) is 0 Å². The van der Waals surface area contributed by atoms with Gasteiger partial charge in [0.2, 0.25) is 6.08 Å². The lowest BCUT2D eigenvalue weighted by molar-refractivity contribution is 0.458. The zero-order valence-electron chi connectivity index (χ0n) is 8.70. The Morgan fingerprint density at radius 1 is 1.12 bits per heavy atom. The van der Waals surface area contributed by atoms with Gasteiger partial charge in [0.1, 0.15) is 13.3 Å². The van der Waals surface area contributed by atoms with Crippen LogP contribution in [0.5, 0.6) is 0 Å². The van der Waals surface area contributed by atoms with Crippen LogP contribution in [0, 0.1) is 0 Å². The van der Waals surface area contributed by atoms with Crippen LogP contribution in [0.3, 0.4) is 0 Å². The van der Waals surface area contributed by atoms with Gasteiger partial charge < -0.3 is 4.90 Å². The molecule has 0 amide bonds. The van der Waals surface area contributed by atoms with Gasteiger partial charge in [-0.15, -0.1) is 0 Å². The van der Waals surface area contributed by atoms with E-state index in [2.05, 4.69) is 4.99 Å². The summed E-state index contributed by atoms with van der Waals surface area (Å²) in [5.74, 6) is 0. The predicted molar refractivity (Wildman–Crippen MR) is 58.4 cm³/mol. The molecule has 16 heavy (non-hydrogen) atoms. The van der Waals surface area contributed by atoms with Gasteiger partial charge in [-0.3, -0.25) is 0 Å². The Morgan fingerprint density at radius 2 is 1.69 bits per heavy atom. The van der Waals surface area contributed by atoms with E-state index in [1.165, 1.54) is 6.08 Å². The van der Waals surface area contributed by atoms with Crippen molar-refractivity contribution in [2.45, 2.75) is 0 Å². The van der Waals surface area contributed by atoms with Gasteiger partial charge in [-0.25, -0.2) is 13.6 Å². The summed E-state index contributed by atoms with van der Waals surface area (Å²) in [5.41, 5.74) is 1.18. The van der Waals surface area contributed by atoms with Gasteiger partial charge >= 0.3 is 0 Å². The third-order valence-corrected chi connectivity index (χ3v) is 2.10. The fourth-order valence-electron chi connectivity index (χ4n) is 1.36. The van der Waals surface area contributed by atoms with Gasteiger partial charge in [0.05, 0.1) is 5.69 Å². The van der Waals surface area contributed by atoms with Crippen LogP contribution in [-0.4, -0.2) is 32.5 Å². The number of isocyanates is 1. The fourth-order valence-corrected chi connectivity index (χ4v) is 1.36. The minimum absolute atomic E-state index is 0.153.